The third-order valence-corrected chi connectivity index (χ3v) is 5.67. The third kappa shape index (κ3) is 8.12. The lowest BCUT2D eigenvalue weighted by Crippen LogP contribution is -2.55. The minimum Gasteiger partial charge on any atom is -0.481 e. The van der Waals surface area contributed by atoms with Gasteiger partial charge in [-0.3, -0.25) is 14.4 Å². The molecule has 2 N–H and O–H groups in total. The largest absolute Gasteiger partial charge is 0.527 e. The van der Waals surface area contributed by atoms with E-state index < -0.39 is 30.0 Å². The number of piperazine rings is 1. The average Bonchev–Trinajstić information content (AvgIpc) is 2.86. The Balaban J connectivity index is 1.71. The molecule has 1 aliphatic rings. The van der Waals surface area contributed by atoms with Crippen molar-refractivity contribution < 1.29 is 33.9 Å². The molecule has 2 aromatic rings. The lowest BCUT2D eigenvalue weighted by Gasteiger charge is -2.35. The molecule has 12 nitrogen and oxygen atoms in total. The van der Waals surface area contributed by atoms with E-state index >= 15 is 0 Å². The van der Waals surface area contributed by atoms with Crippen LogP contribution in [-0.4, -0.2) is 87.8 Å². The lowest BCUT2D eigenvalue weighted by molar-refractivity contribution is -0.157. The molecule has 3 rings (SSSR count). The van der Waals surface area contributed by atoms with Gasteiger partial charge in [0.2, 0.25) is 5.91 Å². The van der Waals surface area contributed by atoms with Crippen molar-refractivity contribution >= 4 is 35.5 Å². The molecule has 2 amide bonds. The highest BCUT2D eigenvalue weighted by molar-refractivity contribution is 6.30. The van der Waals surface area contributed by atoms with E-state index in [-0.39, 0.29) is 51.3 Å². The highest BCUT2D eigenvalue weighted by atomic mass is 35.5. The van der Waals surface area contributed by atoms with Crippen LogP contribution in [0.2, 0.25) is 5.02 Å². The zero-order valence-corrected chi connectivity index (χ0v) is 21.2. The topological polar surface area (TPSA) is 151 Å². The average molecular weight is 534 g/mol. The number of halogens is 1. The Morgan fingerprint density at radius 2 is 1.86 bits per heavy atom. The summed E-state index contributed by atoms with van der Waals surface area (Å²) in [4.78, 5) is 64.3. The first-order chi connectivity index (χ1) is 17.7. The Labute approximate surface area is 218 Å². The van der Waals surface area contributed by atoms with E-state index in [0.717, 1.165) is 0 Å². The first-order valence-corrected chi connectivity index (χ1v) is 12.1. The Morgan fingerprint density at radius 1 is 1.14 bits per heavy atom. The molecule has 2 heterocycles. The minimum atomic E-state index is -1.10. The number of rotatable bonds is 9. The van der Waals surface area contributed by atoms with Gasteiger partial charge < -0.3 is 24.9 Å². The number of aryl methyl sites for hydroxylation is 1. The van der Waals surface area contributed by atoms with Crippen LogP contribution in [0.4, 0.5) is 4.79 Å². The predicted molar refractivity (Wildman–Crippen MR) is 132 cm³/mol. The predicted octanol–water partition coefficient (Wildman–Crippen LogP) is 2.30. The number of nitrogens with zero attached hydrogens (tertiary/aromatic N) is 4. The van der Waals surface area contributed by atoms with E-state index in [0.29, 0.717) is 22.1 Å². The van der Waals surface area contributed by atoms with Gasteiger partial charge in [0.25, 0.3) is 5.91 Å². The molecule has 1 aromatic heterocycles. The molecular weight excluding hydrogens is 506 g/mol. The number of ether oxygens (including phenoxy) is 1. The van der Waals surface area contributed by atoms with Crippen LogP contribution in [0.1, 0.15) is 35.9 Å². The van der Waals surface area contributed by atoms with Crippen molar-refractivity contribution in [2.45, 2.75) is 32.7 Å². The summed E-state index contributed by atoms with van der Waals surface area (Å²) in [6.45, 7) is 4.43. The zero-order valence-electron chi connectivity index (χ0n) is 20.5. The van der Waals surface area contributed by atoms with Gasteiger partial charge in [0.05, 0.1) is 19.7 Å². The molecule has 0 bridgehead atoms. The lowest BCUT2D eigenvalue weighted by atomic mass is 10.1. The molecule has 13 heteroatoms. The number of nitrogens with one attached hydrogen (secondary N) is 1. The number of hydrogen-bond donors (Lipinski definition) is 2. The number of amides is 2. The highest BCUT2D eigenvalue weighted by Gasteiger charge is 2.31. The second kappa shape index (κ2) is 13.0. The van der Waals surface area contributed by atoms with E-state index in [4.69, 9.17) is 26.3 Å². The first-order valence-electron chi connectivity index (χ1n) is 11.7. The van der Waals surface area contributed by atoms with Crippen LogP contribution in [0.3, 0.4) is 0 Å². The van der Waals surface area contributed by atoms with Gasteiger partial charge in [-0.2, -0.15) is 0 Å². The number of aromatic nitrogens is 2. The van der Waals surface area contributed by atoms with Crippen LogP contribution in [0, 0.1) is 6.92 Å². The summed E-state index contributed by atoms with van der Waals surface area (Å²) in [5.41, 5.74) is 1.18. The molecule has 1 fully saturated rings. The van der Waals surface area contributed by atoms with Gasteiger partial charge in [0, 0.05) is 35.8 Å². The molecule has 0 saturated carbocycles. The SMILES string of the molecule is CCOC(=O)ON1CCN(C(=O)[C@H](CCC(=O)O)NC(=O)c2cc(C)nc(-c3cccc(Cl)c3)n2)CC1. The highest BCUT2D eigenvalue weighted by Crippen LogP contribution is 2.20. The number of benzene rings is 1. The fraction of sp³-hybridized carbons (Fsp3) is 0.417. The van der Waals surface area contributed by atoms with Crippen molar-refractivity contribution in [3.05, 3.63) is 46.7 Å². The maximum absolute atomic E-state index is 13.2. The first kappa shape index (κ1) is 27.8. The summed E-state index contributed by atoms with van der Waals surface area (Å²) in [5.74, 6) is -1.88. The fourth-order valence-corrected chi connectivity index (χ4v) is 3.86. The van der Waals surface area contributed by atoms with Gasteiger partial charge in [0.15, 0.2) is 5.82 Å². The van der Waals surface area contributed by atoms with Crippen LogP contribution < -0.4 is 5.32 Å². The number of carbonyl (C=O) groups excluding carboxylic acids is 3. The second-order valence-corrected chi connectivity index (χ2v) is 8.65. The van der Waals surface area contributed by atoms with Gasteiger partial charge >= 0.3 is 12.1 Å². The smallest absolute Gasteiger partial charge is 0.481 e. The maximum Gasteiger partial charge on any atom is 0.527 e. The molecule has 0 spiro atoms. The maximum atomic E-state index is 13.2. The summed E-state index contributed by atoms with van der Waals surface area (Å²) in [6.07, 6.45) is -1.25. The molecular formula is C24H28ClN5O7. The number of hydrogen-bond acceptors (Lipinski definition) is 9. The Morgan fingerprint density at radius 3 is 2.51 bits per heavy atom. The number of carboxylic acids is 1. The van der Waals surface area contributed by atoms with E-state index in [9.17, 15) is 19.2 Å². The van der Waals surface area contributed by atoms with Gasteiger partial charge in [-0.05, 0) is 38.5 Å². The Kier molecular flexibility index (Phi) is 9.75. The third-order valence-electron chi connectivity index (χ3n) is 5.44. The summed E-state index contributed by atoms with van der Waals surface area (Å²) in [5, 5.41) is 13.7. The molecule has 0 radical (unpaired) electrons. The fourth-order valence-electron chi connectivity index (χ4n) is 3.67. The van der Waals surface area contributed by atoms with E-state index in [1.165, 1.54) is 16.0 Å². The molecule has 0 unspecified atom stereocenters. The van der Waals surface area contributed by atoms with Crippen LogP contribution >= 0.6 is 11.6 Å². The van der Waals surface area contributed by atoms with Gasteiger partial charge in [-0.25, -0.2) is 14.8 Å². The number of hydroxylamine groups is 2. The van der Waals surface area contributed by atoms with Crippen LogP contribution in [0.15, 0.2) is 30.3 Å². The minimum absolute atomic E-state index is 0.0308. The Bertz CT molecular complexity index is 1150. The summed E-state index contributed by atoms with van der Waals surface area (Å²) in [6, 6.07) is 7.26. The summed E-state index contributed by atoms with van der Waals surface area (Å²) >= 11 is 6.06. The number of aliphatic carboxylic acids is 1. The van der Waals surface area contributed by atoms with Crippen molar-refractivity contribution in [3.63, 3.8) is 0 Å². The normalized spacial score (nSPS) is 14.5. The van der Waals surface area contributed by atoms with Crippen molar-refractivity contribution in [1.82, 2.24) is 25.2 Å². The quantitative estimate of drug-likeness (QED) is 0.459. The van der Waals surface area contributed by atoms with Crippen LogP contribution in [0.25, 0.3) is 11.4 Å². The molecule has 198 valence electrons. The summed E-state index contributed by atoms with van der Waals surface area (Å²) < 4.78 is 4.74. The molecule has 0 aliphatic carbocycles. The zero-order chi connectivity index (χ0) is 26.9. The monoisotopic (exact) mass is 533 g/mol. The molecule has 1 saturated heterocycles. The Hall–Kier alpha value is -3.77. The number of carboxylic acid groups (broad SMARTS) is 1. The molecule has 37 heavy (non-hydrogen) atoms. The standard InChI is InChI=1S/C24H28ClN5O7/c1-3-36-24(35)37-30-11-9-29(10-12-30)23(34)18(7-8-20(31)32)28-22(33)19-13-15(2)26-21(27-19)16-5-4-6-17(25)14-16/h4-6,13-14,18H,3,7-12H2,1-2H3,(H,28,33)(H,31,32)/t18-/m0/s1. The van der Waals surface area contributed by atoms with Crippen molar-refractivity contribution in [2.75, 3.05) is 32.8 Å². The van der Waals surface area contributed by atoms with E-state index in [2.05, 4.69) is 15.3 Å². The van der Waals surface area contributed by atoms with Crippen LogP contribution in [0.5, 0.6) is 0 Å². The molecule has 1 aromatic carbocycles. The second-order valence-electron chi connectivity index (χ2n) is 8.22. The molecule has 1 atom stereocenters. The van der Waals surface area contributed by atoms with E-state index in [1.54, 1.807) is 38.1 Å². The van der Waals surface area contributed by atoms with Crippen LogP contribution in [-0.2, 0) is 19.2 Å². The van der Waals surface area contributed by atoms with Crippen molar-refractivity contribution in [2.24, 2.45) is 0 Å². The van der Waals surface area contributed by atoms with Gasteiger partial charge in [-0.1, -0.05) is 23.7 Å². The summed E-state index contributed by atoms with van der Waals surface area (Å²) in [7, 11) is 0. The molecule has 1 aliphatic heterocycles. The van der Waals surface area contributed by atoms with Crippen molar-refractivity contribution in [3.8, 4) is 11.4 Å². The van der Waals surface area contributed by atoms with E-state index in [1.807, 2.05) is 0 Å². The number of carbonyl (C=O) groups is 4. The van der Waals surface area contributed by atoms with Gasteiger partial charge in [0.1, 0.15) is 11.7 Å². The van der Waals surface area contributed by atoms with Crippen molar-refractivity contribution in [1.29, 1.82) is 0 Å². The van der Waals surface area contributed by atoms with Gasteiger partial charge in [-0.15, -0.1) is 5.06 Å².